The van der Waals surface area contributed by atoms with Gasteiger partial charge in [0, 0.05) is 24.3 Å². The highest BCUT2D eigenvalue weighted by molar-refractivity contribution is 5.80. The average Bonchev–Trinajstić information content (AvgIpc) is 3.15. The number of fused-ring (bicyclic) bond motifs is 3. The van der Waals surface area contributed by atoms with Crippen molar-refractivity contribution in [2.75, 3.05) is 6.61 Å². The van der Waals surface area contributed by atoms with Crippen molar-refractivity contribution in [1.82, 2.24) is 10.6 Å². The number of allylic oxidation sites excluding steroid dienone is 1. The van der Waals surface area contributed by atoms with Gasteiger partial charge in [-0.05, 0) is 48.4 Å². The molecule has 34 heavy (non-hydrogen) atoms. The first-order valence-corrected chi connectivity index (χ1v) is 11.7. The molecule has 0 saturated carbocycles. The second-order valence-electron chi connectivity index (χ2n) is 9.01. The number of carboxylic acids is 1. The number of carbonyl (C=O) groups is 3. The van der Waals surface area contributed by atoms with Crippen molar-refractivity contribution in [3.05, 3.63) is 71.8 Å². The molecule has 0 saturated heterocycles. The summed E-state index contributed by atoms with van der Waals surface area (Å²) >= 11 is 0. The van der Waals surface area contributed by atoms with Gasteiger partial charge < -0.3 is 20.5 Å². The summed E-state index contributed by atoms with van der Waals surface area (Å²) in [6.45, 7) is 2.03. The van der Waals surface area contributed by atoms with E-state index in [1.807, 2.05) is 36.4 Å². The lowest BCUT2D eigenvalue weighted by Gasteiger charge is -2.26. The predicted molar refractivity (Wildman–Crippen MR) is 128 cm³/mol. The van der Waals surface area contributed by atoms with Crippen LogP contribution in [-0.4, -0.2) is 41.8 Å². The molecule has 178 valence electrons. The summed E-state index contributed by atoms with van der Waals surface area (Å²) in [5.74, 6) is -1.29. The highest BCUT2D eigenvalue weighted by Gasteiger charge is 2.30. The summed E-state index contributed by atoms with van der Waals surface area (Å²) in [5, 5.41) is 14.5. The molecule has 3 atom stereocenters. The molecule has 3 N–H and O–H groups in total. The zero-order valence-corrected chi connectivity index (χ0v) is 19.2. The van der Waals surface area contributed by atoms with Crippen LogP contribution in [0.2, 0.25) is 0 Å². The second-order valence-corrected chi connectivity index (χ2v) is 9.01. The predicted octanol–water partition coefficient (Wildman–Crippen LogP) is 4.23. The summed E-state index contributed by atoms with van der Waals surface area (Å²) in [5.41, 5.74) is 4.66. The number of carbonyl (C=O) groups excluding carboxylic acids is 2. The largest absolute Gasteiger partial charge is 0.481 e. The van der Waals surface area contributed by atoms with Gasteiger partial charge in [0.15, 0.2) is 0 Å². The fourth-order valence-electron chi connectivity index (χ4n) is 4.77. The Balaban J connectivity index is 1.29. The van der Waals surface area contributed by atoms with E-state index < -0.39 is 12.1 Å². The molecule has 2 aliphatic rings. The van der Waals surface area contributed by atoms with Gasteiger partial charge >= 0.3 is 12.1 Å². The normalized spacial score (nSPS) is 19.6. The minimum atomic E-state index is -0.881. The molecule has 2 aromatic rings. The molecule has 0 aliphatic heterocycles. The van der Waals surface area contributed by atoms with Crippen LogP contribution in [0.5, 0.6) is 0 Å². The monoisotopic (exact) mass is 462 g/mol. The van der Waals surface area contributed by atoms with E-state index in [9.17, 15) is 14.4 Å². The quantitative estimate of drug-likeness (QED) is 0.509. The summed E-state index contributed by atoms with van der Waals surface area (Å²) in [6, 6.07) is 15.8. The van der Waals surface area contributed by atoms with E-state index in [0.29, 0.717) is 19.3 Å². The van der Waals surface area contributed by atoms with E-state index in [2.05, 4.69) is 34.9 Å². The molecule has 2 amide bonds. The molecule has 4 rings (SSSR count). The second kappa shape index (κ2) is 10.5. The number of hydrogen-bond donors (Lipinski definition) is 3. The molecule has 2 aliphatic carbocycles. The van der Waals surface area contributed by atoms with Crippen LogP contribution in [0.15, 0.2) is 60.7 Å². The molecule has 0 heterocycles. The van der Waals surface area contributed by atoms with Crippen molar-refractivity contribution >= 4 is 18.0 Å². The van der Waals surface area contributed by atoms with Crippen molar-refractivity contribution < 1.29 is 24.2 Å². The van der Waals surface area contributed by atoms with Crippen molar-refractivity contribution in [3.8, 4) is 11.1 Å². The van der Waals surface area contributed by atoms with E-state index in [0.717, 1.165) is 11.1 Å². The van der Waals surface area contributed by atoms with Gasteiger partial charge in [0.1, 0.15) is 6.61 Å². The van der Waals surface area contributed by atoms with Crippen LogP contribution in [0.3, 0.4) is 0 Å². The topological polar surface area (TPSA) is 105 Å². The molecule has 7 nitrogen and oxygen atoms in total. The SMILES string of the molecule is CC(CCC(=O)O)NC(=O)C1CC=CC(NC(=O)OCC2c3ccccc3-c3ccccc32)C1. The Hall–Kier alpha value is -3.61. The lowest BCUT2D eigenvalue weighted by molar-refractivity contribution is -0.137. The lowest BCUT2D eigenvalue weighted by atomic mass is 9.90. The molecule has 0 spiro atoms. The van der Waals surface area contributed by atoms with Gasteiger partial charge in [0.2, 0.25) is 5.91 Å². The molecule has 3 unspecified atom stereocenters. The number of ether oxygens (including phenoxy) is 1. The van der Waals surface area contributed by atoms with E-state index in [4.69, 9.17) is 9.84 Å². The Labute approximate surface area is 199 Å². The van der Waals surface area contributed by atoms with E-state index in [-0.39, 0.29) is 42.9 Å². The lowest BCUT2D eigenvalue weighted by Crippen LogP contribution is -2.43. The van der Waals surface area contributed by atoms with Gasteiger partial charge in [0.25, 0.3) is 0 Å². The molecule has 0 bridgehead atoms. The first-order chi connectivity index (χ1) is 16.4. The zero-order chi connectivity index (χ0) is 24.1. The smallest absolute Gasteiger partial charge is 0.407 e. The first-order valence-electron chi connectivity index (χ1n) is 11.7. The highest BCUT2D eigenvalue weighted by atomic mass is 16.5. The van der Waals surface area contributed by atoms with Crippen LogP contribution in [0.1, 0.15) is 49.7 Å². The van der Waals surface area contributed by atoms with Gasteiger partial charge in [-0.3, -0.25) is 9.59 Å². The first kappa shape index (κ1) is 23.5. The number of rotatable bonds is 8. The molecule has 2 aromatic carbocycles. The maximum atomic E-state index is 12.6. The van der Waals surface area contributed by atoms with Crippen LogP contribution >= 0.6 is 0 Å². The third-order valence-corrected chi connectivity index (χ3v) is 6.53. The van der Waals surface area contributed by atoms with Gasteiger partial charge in [-0.25, -0.2) is 4.79 Å². The zero-order valence-electron chi connectivity index (χ0n) is 19.2. The number of alkyl carbamates (subject to hydrolysis) is 1. The number of nitrogens with one attached hydrogen (secondary N) is 2. The summed E-state index contributed by atoms with van der Waals surface area (Å²) in [4.78, 5) is 35.9. The Kier molecular flexibility index (Phi) is 7.30. The Morgan fingerprint density at radius 3 is 2.35 bits per heavy atom. The van der Waals surface area contributed by atoms with Crippen LogP contribution in [0.4, 0.5) is 4.79 Å². The molecule has 0 radical (unpaired) electrons. The molecular weight excluding hydrogens is 432 g/mol. The summed E-state index contributed by atoms with van der Waals surface area (Å²) in [6.07, 6.45) is 4.72. The van der Waals surface area contributed by atoms with Gasteiger partial charge in [-0.1, -0.05) is 60.7 Å². The Morgan fingerprint density at radius 2 is 1.71 bits per heavy atom. The number of benzene rings is 2. The number of carboxylic acid groups (broad SMARTS) is 1. The molecular formula is C27H30N2O5. The van der Waals surface area contributed by atoms with Crippen molar-refractivity contribution in [1.29, 1.82) is 0 Å². The number of hydrogen-bond acceptors (Lipinski definition) is 4. The van der Waals surface area contributed by atoms with Crippen molar-refractivity contribution in [2.45, 2.75) is 50.6 Å². The molecule has 7 heteroatoms. The van der Waals surface area contributed by atoms with Gasteiger partial charge in [-0.15, -0.1) is 0 Å². The fourth-order valence-corrected chi connectivity index (χ4v) is 4.77. The van der Waals surface area contributed by atoms with E-state index in [1.165, 1.54) is 11.1 Å². The third-order valence-electron chi connectivity index (χ3n) is 6.53. The van der Waals surface area contributed by atoms with Crippen LogP contribution in [-0.2, 0) is 14.3 Å². The fraction of sp³-hybridized carbons (Fsp3) is 0.370. The molecule has 0 aromatic heterocycles. The number of amides is 2. The van der Waals surface area contributed by atoms with Gasteiger partial charge in [0.05, 0.1) is 6.04 Å². The van der Waals surface area contributed by atoms with Crippen LogP contribution in [0.25, 0.3) is 11.1 Å². The van der Waals surface area contributed by atoms with E-state index in [1.54, 1.807) is 6.92 Å². The minimum absolute atomic E-state index is 0.00846. The molecule has 0 fully saturated rings. The maximum Gasteiger partial charge on any atom is 0.407 e. The Morgan fingerprint density at radius 1 is 1.06 bits per heavy atom. The van der Waals surface area contributed by atoms with Gasteiger partial charge in [-0.2, -0.15) is 0 Å². The van der Waals surface area contributed by atoms with Crippen molar-refractivity contribution in [2.24, 2.45) is 5.92 Å². The highest BCUT2D eigenvalue weighted by Crippen LogP contribution is 2.44. The standard InChI is InChI=1S/C27H30N2O5/c1-17(13-14-25(30)31)28-26(32)18-7-6-8-19(15-18)29-27(33)34-16-24-22-11-4-2-9-20(22)21-10-3-5-12-23(21)24/h2-6,8-12,17-19,24H,7,13-16H2,1H3,(H,28,32)(H,29,33)(H,30,31). The summed E-state index contributed by atoms with van der Waals surface area (Å²) < 4.78 is 5.62. The van der Waals surface area contributed by atoms with Crippen LogP contribution < -0.4 is 10.6 Å². The summed E-state index contributed by atoms with van der Waals surface area (Å²) in [7, 11) is 0. The van der Waals surface area contributed by atoms with E-state index >= 15 is 0 Å². The van der Waals surface area contributed by atoms with Crippen LogP contribution in [0, 0.1) is 5.92 Å². The average molecular weight is 463 g/mol. The minimum Gasteiger partial charge on any atom is -0.481 e. The third kappa shape index (κ3) is 5.47. The Bertz CT molecular complexity index is 1050. The van der Waals surface area contributed by atoms with Crippen molar-refractivity contribution in [3.63, 3.8) is 0 Å². The number of aliphatic carboxylic acids is 1. The maximum absolute atomic E-state index is 12.6.